The predicted molar refractivity (Wildman–Crippen MR) is 83.1 cm³/mol. The quantitative estimate of drug-likeness (QED) is 0.925. The van der Waals surface area contributed by atoms with Crippen molar-refractivity contribution in [3.63, 3.8) is 0 Å². The minimum absolute atomic E-state index is 0.0222. The molecule has 1 amide bonds. The van der Waals surface area contributed by atoms with Gasteiger partial charge in [-0.25, -0.2) is 0 Å². The summed E-state index contributed by atoms with van der Waals surface area (Å²) in [7, 11) is 0. The Hall–Kier alpha value is -1.35. The molecule has 2 aliphatic heterocycles. The molecule has 1 aromatic rings. The standard InChI is InChI=1S/C18H24N2O/c21-17-7-4-10-18(19-17)13-20(11-14-8-9-14)12-16(18)15-5-2-1-3-6-15/h1-3,5-6,14,16H,4,7-13H2,(H,19,21)/t16-,18+/m0/s1. The van der Waals surface area contributed by atoms with E-state index >= 15 is 0 Å². The van der Waals surface area contributed by atoms with E-state index in [1.807, 2.05) is 0 Å². The fraction of sp³-hybridized carbons (Fsp3) is 0.611. The van der Waals surface area contributed by atoms with Gasteiger partial charge in [-0.15, -0.1) is 0 Å². The monoisotopic (exact) mass is 284 g/mol. The molecule has 0 radical (unpaired) electrons. The normalized spacial score (nSPS) is 33.3. The van der Waals surface area contributed by atoms with Crippen molar-refractivity contribution >= 4 is 5.91 Å². The lowest BCUT2D eigenvalue weighted by Crippen LogP contribution is -2.56. The van der Waals surface area contributed by atoms with Gasteiger partial charge in [0.05, 0.1) is 5.54 Å². The van der Waals surface area contributed by atoms with Gasteiger partial charge in [-0.2, -0.15) is 0 Å². The molecule has 1 aliphatic carbocycles. The summed E-state index contributed by atoms with van der Waals surface area (Å²) >= 11 is 0. The van der Waals surface area contributed by atoms with Crippen LogP contribution in [0.5, 0.6) is 0 Å². The third-order valence-corrected chi connectivity index (χ3v) is 5.44. The molecule has 21 heavy (non-hydrogen) atoms. The van der Waals surface area contributed by atoms with Gasteiger partial charge < -0.3 is 10.2 Å². The number of benzene rings is 1. The highest BCUT2D eigenvalue weighted by Gasteiger charge is 2.49. The molecule has 4 rings (SSSR count). The Balaban J connectivity index is 1.62. The average molecular weight is 284 g/mol. The first-order chi connectivity index (χ1) is 10.3. The average Bonchev–Trinajstić information content (AvgIpc) is 3.23. The SMILES string of the molecule is O=C1CCC[C@]2(CN(CC3CC3)C[C@H]2c2ccccc2)N1. The van der Waals surface area contributed by atoms with Gasteiger partial charge in [-0.3, -0.25) is 4.79 Å². The first kappa shape index (κ1) is 13.3. The van der Waals surface area contributed by atoms with E-state index in [9.17, 15) is 4.79 Å². The Labute approximate surface area is 126 Å². The molecule has 2 atom stereocenters. The lowest BCUT2D eigenvalue weighted by atomic mass is 9.76. The van der Waals surface area contributed by atoms with Crippen molar-refractivity contribution in [2.75, 3.05) is 19.6 Å². The smallest absolute Gasteiger partial charge is 0.220 e. The summed E-state index contributed by atoms with van der Waals surface area (Å²) in [5.41, 5.74) is 1.36. The Morgan fingerprint density at radius 1 is 1.24 bits per heavy atom. The van der Waals surface area contributed by atoms with Gasteiger partial charge in [-0.05, 0) is 37.2 Å². The topological polar surface area (TPSA) is 32.3 Å². The van der Waals surface area contributed by atoms with E-state index in [-0.39, 0.29) is 11.4 Å². The van der Waals surface area contributed by atoms with Crippen LogP contribution in [0.1, 0.15) is 43.6 Å². The molecule has 3 fully saturated rings. The molecule has 1 spiro atoms. The van der Waals surface area contributed by atoms with Crippen LogP contribution in [0.15, 0.2) is 30.3 Å². The Morgan fingerprint density at radius 2 is 2.05 bits per heavy atom. The van der Waals surface area contributed by atoms with Crippen LogP contribution in [-0.2, 0) is 4.79 Å². The second kappa shape index (κ2) is 5.13. The number of piperidine rings is 1. The maximum absolute atomic E-state index is 12.0. The Bertz CT molecular complexity index is 525. The molecule has 1 aromatic carbocycles. The highest BCUT2D eigenvalue weighted by Crippen LogP contribution is 2.42. The van der Waals surface area contributed by atoms with Crippen molar-refractivity contribution in [2.24, 2.45) is 5.92 Å². The fourth-order valence-electron chi connectivity index (χ4n) is 4.27. The zero-order valence-corrected chi connectivity index (χ0v) is 12.6. The molecule has 0 bridgehead atoms. The summed E-state index contributed by atoms with van der Waals surface area (Å²) in [6.07, 6.45) is 5.65. The van der Waals surface area contributed by atoms with E-state index in [1.165, 1.54) is 24.9 Å². The Kier molecular flexibility index (Phi) is 3.26. The lowest BCUT2D eigenvalue weighted by molar-refractivity contribution is -0.125. The second-order valence-electron chi connectivity index (χ2n) is 7.16. The molecule has 1 N–H and O–H groups in total. The van der Waals surface area contributed by atoms with Gasteiger partial charge in [0.2, 0.25) is 5.91 Å². The number of carbonyl (C=O) groups excluding carboxylic acids is 1. The number of carbonyl (C=O) groups is 1. The first-order valence-electron chi connectivity index (χ1n) is 8.33. The molecule has 3 nitrogen and oxygen atoms in total. The molecule has 0 unspecified atom stereocenters. The predicted octanol–water partition coefficient (Wildman–Crippen LogP) is 2.53. The van der Waals surface area contributed by atoms with Crippen LogP contribution in [-0.4, -0.2) is 36.0 Å². The van der Waals surface area contributed by atoms with Crippen molar-refractivity contribution in [2.45, 2.75) is 43.6 Å². The van der Waals surface area contributed by atoms with E-state index in [0.717, 1.165) is 31.8 Å². The molecule has 3 aliphatic rings. The van der Waals surface area contributed by atoms with E-state index in [4.69, 9.17) is 0 Å². The minimum atomic E-state index is -0.0222. The number of likely N-dealkylation sites (tertiary alicyclic amines) is 1. The molecular weight excluding hydrogens is 260 g/mol. The highest BCUT2D eigenvalue weighted by molar-refractivity contribution is 5.78. The summed E-state index contributed by atoms with van der Waals surface area (Å²) in [5.74, 6) is 1.60. The number of nitrogens with zero attached hydrogens (tertiary/aromatic N) is 1. The zero-order chi connectivity index (χ0) is 14.3. The van der Waals surface area contributed by atoms with Gasteiger partial charge in [0.15, 0.2) is 0 Å². The molecule has 2 saturated heterocycles. The van der Waals surface area contributed by atoms with Crippen molar-refractivity contribution in [1.29, 1.82) is 0 Å². The van der Waals surface area contributed by atoms with Crippen LogP contribution in [0.3, 0.4) is 0 Å². The van der Waals surface area contributed by atoms with E-state index in [0.29, 0.717) is 12.3 Å². The minimum Gasteiger partial charge on any atom is -0.349 e. The second-order valence-corrected chi connectivity index (χ2v) is 7.16. The van der Waals surface area contributed by atoms with Gasteiger partial charge in [0.1, 0.15) is 0 Å². The van der Waals surface area contributed by atoms with Gasteiger partial charge in [0, 0.05) is 32.0 Å². The summed E-state index contributed by atoms with van der Waals surface area (Å²) < 4.78 is 0. The lowest BCUT2D eigenvalue weighted by Gasteiger charge is -2.39. The first-order valence-corrected chi connectivity index (χ1v) is 8.33. The van der Waals surface area contributed by atoms with E-state index < -0.39 is 0 Å². The molecule has 0 aromatic heterocycles. The van der Waals surface area contributed by atoms with Crippen LogP contribution in [0.25, 0.3) is 0 Å². The third-order valence-electron chi connectivity index (χ3n) is 5.44. The number of rotatable bonds is 3. The van der Waals surface area contributed by atoms with Crippen LogP contribution in [0, 0.1) is 5.92 Å². The largest absolute Gasteiger partial charge is 0.349 e. The van der Waals surface area contributed by atoms with Crippen molar-refractivity contribution < 1.29 is 4.79 Å². The fourth-order valence-corrected chi connectivity index (χ4v) is 4.27. The molecular formula is C18H24N2O. The summed E-state index contributed by atoms with van der Waals surface area (Å²) in [6, 6.07) is 10.8. The van der Waals surface area contributed by atoms with Crippen LogP contribution >= 0.6 is 0 Å². The van der Waals surface area contributed by atoms with Crippen LogP contribution < -0.4 is 5.32 Å². The highest BCUT2D eigenvalue weighted by atomic mass is 16.1. The number of hydrogen-bond donors (Lipinski definition) is 1. The maximum atomic E-state index is 12.0. The zero-order valence-electron chi connectivity index (χ0n) is 12.6. The third kappa shape index (κ3) is 2.59. The van der Waals surface area contributed by atoms with Crippen molar-refractivity contribution in [3.8, 4) is 0 Å². The van der Waals surface area contributed by atoms with E-state index in [2.05, 4.69) is 40.5 Å². The van der Waals surface area contributed by atoms with Crippen molar-refractivity contribution in [3.05, 3.63) is 35.9 Å². The van der Waals surface area contributed by atoms with Crippen LogP contribution in [0.2, 0.25) is 0 Å². The van der Waals surface area contributed by atoms with Gasteiger partial charge in [0.25, 0.3) is 0 Å². The molecule has 2 heterocycles. The maximum Gasteiger partial charge on any atom is 0.220 e. The van der Waals surface area contributed by atoms with Crippen LogP contribution in [0.4, 0.5) is 0 Å². The van der Waals surface area contributed by atoms with E-state index in [1.54, 1.807) is 0 Å². The summed E-state index contributed by atoms with van der Waals surface area (Å²) in [4.78, 5) is 14.6. The number of amides is 1. The molecule has 112 valence electrons. The van der Waals surface area contributed by atoms with Crippen molar-refractivity contribution in [1.82, 2.24) is 10.2 Å². The van der Waals surface area contributed by atoms with Gasteiger partial charge >= 0.3 is 0 Å². The number of hydrogen-bond acceptors (Lipinski definition) is 2. The Morgan fingerprint density at radius 3 is 2.76 bits per heavy atom. The molecule has 1 saturated carbocycles. The summed E-state index contributed by atoms with van der Waals surface area (Å²) in [6.45, 7) is 3.36. The van der Waals surface area contributed by atoms with Gasteiger partial charge in [-0.1, -0.05) is 30.3 Å². The number of nitrogens with one attached hydrogen (secondary N) is 1. The summed E-state index contributed by atoms with van der Waals surface area (Å²) in [5, 5.41) is 3.38. The molecule has 3 heteroatoms.